The van der Waals surface area contributed by atoms with Gasteiger partial charge in [0, 0.05) is 22.7 Å². The zero-order valence-corrected chi connectivity index (χ0v) is 14.8. The van der Waals surface area contributed by atoms with E-state index in [0.717, 1.165) is 17.1 Å². The summed E-state index contributed by atoms with van der Waals surface area (Å²) in [7, 11) is 0. The number of fused-ring (bicyclic) bond motifs is 1. The van der Waals surface area contributed by atoms with E-state index in [4.69, 9.17) is 0 Å². The quantitative estimate of drug-likeness (QED) is 0.401. The standard InChI is InChI=1S/C20H14F3N5O/c21-20(22,23)18-16(12-26-28(18)14-6-2-1-3-7-14)19(29)27-25-11-13-10-24-17-9-5-4-8-15(13)17/h1-12,24H,(H,27,29)/b25-11-. The monoisotopic (exact) mass is 397 g/mol. The largest absolute Gasteiger partial charge is 0.434 e. The van der Waals surface area contributed by atoms with Gasteiger partial charge in [-0.25, -0.2) is 10.1 Å². The Morgan fingerprint density at radius 2 is 1.83 bits per heavy atom. The third kappa shape index (κ3) is 3.62. The molecule has 1 amide bonds. The second-order valence-corrected chi connectivity index (χ2v) is 6.14. The summed E-state index contributed by atoms with van der Waals surface area (Å²) in [6, 6.07) is 15.2. The molecule has 29 heavy (non-hydrogen) atoms. The van der Waals surface area contributed by atoms with Crippen LogP contribution in [0.2, 0.25) is 0 Å². The van der Waals surface area contributed by atoms with E-state index in [-0.39, 0.29) is 5.69 Å². The Morgan fingerprint density at radius 3 is 2.59 bits per heavy atom. The topological polar surface area (TPSA) is 75.1 Å². The van der Waals surface area contributed by atoms with Crippen LogP contribution in [0, 0.1) is 0 Å². The first kappa shape index (κ1) is 18.5. The molecule has 2 aromatic carbocycles. The molecular weight excluding hydrogens is 383 g/mol. The lowest BCUT2D eigenvalue weighted by Gasteiger charge is -2.12. The van der Waals surface area contributed by atoms with E-state index in [0.29, 0.717) is 10.2 Å². The number of alkyl halides is 3. The molecule has 0 bridgehead atoms. The van der Waals surface area contributed by atoms with Gasteiger partial charge in [-0.3, -0.25) is 4.79 Å². The van der Waals surface area contributed by atoms with Crippen LogP contribution in [0.1, 0.15) is 21.6 Å². The second kappa shape index (κ2) is 7.27. The molecule has 2 heterocycles. The summed E-state index contributed by atoms with van der Waals surface area (Å²) in [4.78, 5) is 15.4. The smallest absolute Gasteiger partial charge is 0.361 e. The first-order valence-electron chi connectivity index (χ1n) is 8.55. The van der Waals surface area contributed by atoms with Crippen LogP contribution in [-0.4, -0.2) is 26.9 Å². The molecule has 0 radical (unpaired) electrons. The predicted molar refractivity (Wildman–Crippen MR) is 102 cm³/mol. The zero-order valence-electron chi connectivity index (χ0n) is 14.8. The van der Waals surface area contributed by atoms with Crippen LogP contribution < -0.4 is 5.43 Å². The van der Waals surface area contributed by atoms with Crippen molar-refractivity contribution in [2.24, 2.45) is 5.10 Å². The van der Waals surface area contributed by atoms with E-state index < -0.39 is 23.3 Å². The van der Waals surface area contributed by atoms with Crippen molar-refractivity contribution in [2.45, 2.75) is 6.18 Å². The van der Waals surface area contributed by atoms with Crippen molar-refractivity contribution in [3.63, 3.8) is 0 Å². The fraction of sp³-hybridized carbons (Fsp3) is 0.0500. The molecular formula is C20H14F3N5O. The highest BCUT2D eigenvalue weighted by Crippen LogP contribution is 2.33. The number of aromatic nitrogens is 3. The average Bonchev–Trinajstić information content (AvgIpc) is 3.33. The van der Waals surface area contributed by atoms with Crippen LogP contribution in [0.5, 0.6) is 0 Å². The maximum absolute atomic E-state index is 13.6. The first-order valence-corrected chi connectivity index (χ1v) is 8.55. The van der Waals surface area contributed by atoms with E-state index in [2.05, 4.69) is 20.6 Å². The number of para-hydroxylation sites is 2. The molecule has 0 atom stereocenters. The number of halogens is 3. The maximum Gasteiger partial charge on any atom is 0.434 e. The fourth-order valence-electron chi connectivity index (χ4n) is 2.97. The van der Waals surface area contributed by atoms with Crippen LogP contribution in [-0.2, 0) is 6.18 Å². The molecule has 0 saturated heterocycles. The number of nitrogens with zero attached hydrogens (tertiary/aromatic N) is 3. The molecule has 2 aromatic heterocycles. The number of aromatic amines is 1. The Labute approximate surface area is 162 Å². The van der Waals surface area contributed by atoms with Crippen molar-refractivity contribution in [2.75, 3.05) is 0 Å². The number of benzene rings is 2. The molecule has 0 aliphatic carbocycles. The minimum absolute atomic E-state index is 0.196. The van der Waals surface area contributed by atoms with E-state index >= 15 is 0 Å². The van der Waals surface area contributed by atoms with Crippen molar-refractivity contribution in [3.05, 3.63) is 83.8 Å². The third-order valence-electron chi connectivity index (χ3n) is 4.27. The van der Waals surface area contributed by atoms with Crippen molar-refractivity contribution in [3.8, 4) is 5.69 Å². The minimum atomic E-state index is -4.78. The van der Waals surface area contributed by atoms with Gasteiger partial charge in [-0.2, -0.15) is 23.4 Å². The summed E-state index contributed by atoms with van der Waals surface area (Å²) in [6.45, 7) is 0. The molecule has 0 fully saturated rings. The van der Waals surface area contributed by atoms with E-state index in [1.165, 1.54) is 18.3 Å². The minimum Gasteiger partial charge on any atom is -0.361 e. The third-order valence-corrected chi connectivity index (χ3v) is 4.27. The van der Waals surface area contributed by atoms with Gasteiger partial charge in [-0.15, -0.1) is 0 Å². The summed E-state index contributed by atoms with van der Waals surface area (Å²) in [6.07, 6.45) is -0.841. The van der Waals surface area contributed by atoms with E-state index in [9.17, 15) is 18.0 Å². The van der Waals surface area contributed by atoms with E-state index in [1.54, 1.807) is 24.4 Å². The molecule has 4 rings (SSSR count). The Hall–Kier alpha value is -3.88. The van der Waals surface area contributed by atoms with Crippen molar-refractivity contribution >= 4 is 23.0 Å². The molecule has 6 nitrogen and oxygen atoms in total. The normalized spacial score (nSPS) is 12.0. The fourth-order valence-corrected chi connectivity index (χ4v) is 2.97. The van der Waals surface area contributed by atoms with Gasteiger partial charge in [0.25, 0.3) is 5.91 Å². The summed E-state index contributed by atoms with van der Waals surface area (Å²) in [5, 5.41) is 8.42. The van der Waals surface area contributed by atoms with Crippen molar-refractivity contribution < 1.29 is 18.0 Å². The molecule has 2 N–H and O–H groups in total. The lowest BCUT2D eigenvalue weighted by Crippen LogP contribution is -2.23. The highest BCUT2D eigenvalue weighted by Gasteiger charge is 2.40. The number of carbonyl (C=O) groups is 1. The molecule has 0 saturated carbocycles. The second-order valence-electron chi connectivity index (χ2n) is 6.14. The Morgan fingerprint density at radius 1 is 1.10 bits per heavy atom. The Kier molecular flexibility index (Phi) is 4.63. The van der Waals surface area contributed by atoms with Crippen LogP contribution in [0.25, 0.3) is 16.6 Å². The van der Waals surface area contributed by atoms with Gasteiger partial charge < -0.3 is 4.98 Å². The van der Waals surface area contributed by atoms with Crippen LogP contribution in [0.15, 0.2) is 72.1 Å². The van der Waals surface area contributed by atoms with Crippen molar-refractivity contribution in [1.29, 1.82) is 0 Å². The predicted octanol–water partition coefficient (Wildman–Crippen LogP) is 4.14. The molecule has 0 unspecified atom stereocenters. The Balaban J connectivity index is 1.61. The van der Waals surface area contributed by atoms with Gasteiger partial charge in [0.2, 0.25) is 0 Å². The lowest BCUT2D eigenvalue weighted by atomic mass is 10.2. The number of nitrogens with one attached hydrogen (secondary N) is 2. The molecule has 0 aliphatic rings. The van der Waals surface area contributed by atoms with Crippen LogP contribution in [0.3, 0.4) is 0 Å². The van der Waals surface area contributed by atoms with Gasteiger partial charge in [0.1, 0.15) is 0 Å². The molecule has 4 aromatic rings. The number of amides is 1. The number of hydrogen-bond donors (Lipinski definition) is 2. The van der Waals surface area contributed by atoms with Crippen molar-refractivity contribution in [1.82, 2.24) is 20.2 Å². The van der Waals surface area contributed by atoms with Gasteiger partial charge >= 0.3 is 6.18 Å². The van der Waals surface area contributed by atoms with Gasteiger partial charge in [-0.05, 0) is 18.2 Å². The molecule has 9 heteroatoms. The molecule has 146 valence electrons. The van der Waals surface area contributed by atoms with Crippen LogP contribution >= 0.6 is 0 Å². The molecule has 0 aliphatic heterocycles. The number of H-pyrrole nitrogens is 1. The highest BCUT2D eigenvalue weighted by molar-refractivity contribution is 6.00. The van der Waals surface area contributed by atoms with Gasteiger partial charge in [0.15, 0.2) is 5.69 Å². The zero-order chi connectivity index (χ0) is 20.4. The van der Waals surface area contributed by atoms with Gasteiger partial charge in [0.05, 0.1) is 23.7 Å². The number of hydrazone groups is 1. The summed E-state index contributed by atoms with van der Waals surface area (Å²) in [5.41, 5.74) is 2.13. The van der Waals surface area contributed by atoms with Gasteiger partial charge in [-0.1, -0.05) is 36.4 Å². The number of rotatable bonds is 4. The van der Waals surface area contributed by atoms with Crippen LogP contribution in [0.4, 0.5) is 13.2 Å². The highest BCUT2D eigenvalue weighted by atomic mass is 19.4. The number of carbonyl (C=O) groups excluding carboxylic acids is 1. The first-order chi connectivity index (χ1) is 13.9. The summed E-state index contributed by atoms with van der Waals surface area (Å²) >= 11 is 0. The average molecular weight is 397 g/mol. The molecule has 0 spiro atoms. The number of hydrogen-bond acceptors (Lipinski definition) is 3. The maximum atomic E-state index is 13.6. The lowest BCUT2D eigenvalue weighted by molar-refractivity contribution is -0.143. The van der Waals surface area contributed by atoms with E-state index in [1.807, 2.05) is 24.3 Å². The Bertz CT molecular complexity index is 1190. The summed E-state index contributed by atoms with van der Waals surface area (Å²) < 4.78 is 41.6. The summed E-state index contributed by atoms with van der Waals surface area (Å²) in [5.74, 6) is -1.00. The SMILES string of the molecule is O=C(N/N=C\c1c[nH]c2ccccc12)c1cnn(-c2ccccc2)c1C(F)(F)F.